The second kappa shape index (κ2) is 9.43. The highest BCUT2D eigenvalue weighted by molar-refractivity contribution is 6.13. The van der Waals surface area contributed by atoms with Crippen molar-refractivity contribution >= 4 is 29.5 Å². The second-order valence-electron chi connectivity index (χ2n) is 8.95. The molecule has 2 heterocycles. The maximum Gasteiger partial charge on any atom is 0.424 e. The van der Waals surface area contributed by atoms with E-state index in [0.717, 1.165) is 37.1 Å². The highest BCUT2D eigenvalue weighted by atomic mass is 16.6. The molecule has 1 unspecified atom stereocenters. The standard InChI is InChI=1S/C24H29N3O5/c1-5-6-7-8-14-25-18-11-9-10-16-17(18)15-26(21(16)29)19-12-13-20(28)27(22(19)30)23(31)32-24(2,3)4/h1,9-11,19,25H,6-8,12-15H2,2-4H3. The lowest BCUT2D eigenvalue weighted by Crippen LogP contribution is -2.57. The van der Waals surface area contributed by atoms with E-state index in [1.54, 1.807) is 32.9 Å². The molecular formula is C24H29N3O5. The van der Waals surface area contributed by atoms with Crippen LogP contribution in [0.5, 0.6) is 0 Å². The molecule has 170 valence electrons. The number of nitrogens with one attached hydrogen (secondary N) is 1. The van der Waals surface area contributed by atoms with Crippen LogP contribution in [0.15, 0.2) is 18.2 Å². The number of terminal acetylenes is 1. The summed E-state index contributed by atoms with van der Waals surface area (Å²) in [6.07, 6.45) is 6.96. The number of amides is 4. The number of benzene rings is 1. The number of rotatable bonds is 6. The van der Waals surface area contributed by atoms with E-state index in [0.29, 0.717) is 10.5 Å². The summed E-state index contributed by atoms with van der Waals surface area (Å²) in [7, 11) is 0. The Morgan fingerprint density at radius 3 is 2.69 bits per heavy atom. The number of carbonyl (C=O) groups excluding carboxylic acids is 4. The molecule has 32 heavy (non-hydrogen) atoms. The van der Waals surface area contributed by atoms with Crippen molar-refractivity contribution in [3.63, 3.8) is 0 Å². The zero-order chi connectivity index (χ0) is 23.5. The zero-order valence-electron chi connectivity index (χ0n) is 18.8. The molecular weight excluding hydrogens is 410 g/mol. The molecule has 0 radical (unpaired) electrons. The number of ether oxygens (including phenoxy) is 1. The highest BCUT2D eigenvalue weighted by Gasteiger charge is 2.46. The maximum atomic E-state index is 13.1. The van der Waals surface area contributed by atoms with Crippen molar-refractivity contribution in [3.05, 3.63) is 29.3 Å². The number of unbranched alkanes of at least 4 members (excludes halogenated alkanes) is 2. The quantitative estimate of drug-likeness (QED) is 0.415. The predicted octanol–water partition coefficient (Wildman–Crippen LogP) is 3.31. The fourth-order valence-electron chi connectivity index (χ4n) is 3.90. The van der Waals surface area contributed by atoms with Crippen LogP contribution in [-0.4, -0.2) is 51.8 Å². The molecule has 0 saturated carbocycles. The number of likely N-dealkylation sites (tertiary alicyclic amines) is 1. The van der Waals surface area contributed by atoms with Gasteiger partial charge in [0.05, 0.1) is 0 Å². The van der Waals surface area contributed by atoms with Gasteiger partial charge in [-0.1, -0.05) is 6.07 Å². The Labute approximate surface area is 188 Å². The van der Waals surface area contributed by atoms with E-state index in [4.69, 9.17) is 11.2 Å². The first-order valence-corrected chi connectivity index (χ1v) is 10.8. The van der Waals surface area contributed by atoms with E-state index in [1.165, 1.54) is 4.90 Å². The van der Waals surface area contributed by atoms with Crippen LogP contribution in [0, 0.1) is 12.3 Å². The Balaban J connectivity index is 1.75. The topological polar surface area (TPSA) is 96.0 Å². The summed E-state index contributed by atoms with van der Waals surface area (Å²) in [6, 6.07) is 4.52. The fourth-order valence-corrected chi connectivity index (χ4v) is 3.90. The molecule has 0 aromatic heterocycles. The summed E-state index contributed by atoms with van der Waals surface area (Å²) in [5.74, 6) is 0.997. The van der Waals surface area contributed by atoms with Gasteiger partial charge in [0.25, 0.3) is 11.8 Å². The molecule has 1 atom stereocenters. The number of nitrogens with zero attached hydrogens (tertiary/aromatic N) is 2. The van der Waals surface area contributed by atoms with Crippen LogP contribution in [0.3, 0.4) is 0 Å². The number of piperidine rings is 1. The molecule has 1 aromatic carbocycles. The summed E-state index contributed by atoms with van der Waals surface area (Å²) in [6.45, 7) is 5.92. The molecule has 1 saturated heterocycles. The van der Waals surface area contributed by atoms with E-state index in [9.17, 15) is 19.2 Å². The first-order chi connectivity index (χ1) is 15.1. The molecule has 2 aliphatic rings. The van der Waals surface area contributed by atoms with Gasteiger partial charge < -0.3 is 15.0 Å². The van der Waals surface area contributed by atoms with Crippen LogP contribution in [-0.2, 0) is 20.9 Å². The summed E-state index contributed by atoms with van der Waals surface area (Å²) in [4.78, 5) is 53.0. The zero-order valence-corrected chi connectivity index (χ0v) is 18.8. The van der Waals surface area contributed by atoms with Gasteiger partial charge in [-0.25, -0.2) is 4.79 Å². The van der Waals surface area contributed by atoms with Crippen LogP contribution in [0.2, 0.25) is 0 Å². The largest absolute Gasteiger partial charge is 0.443 e. The van der Waals surface area contributed by atoms with E-state index >= 15 is 0 Å². The average Bonchev–Trinajstić information content (AvgIpc) is 3.04. The maximum absolute atomic E-state index is 13.1. The minimum atomic E-state index is -1.00. The minimum Gasteiger partial charge on any atom is -0.443 e. The molecule has 1 aromatic rings. The molecule has 2 aliphatic heterocycles. The van der Waals surface area contributed by atoms with Gasteiger partial charge in [-0.2, -0.15) is 4.90 Å². The Bertz CT molecular complexity index is 973. The molecule has 0 aliphatic carbocycles. The van der Waals surface area contributed by atoms with E-state index in [2.05, 4.69) is 11.2 Å². The smallest absolute Gasteiger partial charge is 0.424 e. The lowest BCUT2D eigenvalue weighted by molar-refractivity contribution is -0.150. The van der Waals surface area contributed by atoms with Gasteiger partial charge >= 0.3 is 6.09 Å². The third kappa shape index (κ3) is 4.93. The van der Waals surface area contributed by atoms with Gasteiger partial charge in [-0.3, -0.25) is 14.4 Å². The van der Waals surface area contributed by atoms with Crippen LogP contribution < -0.4 is 5.32 Å². The van der Waals surface area contributed by atoms with Gasteiger partial charge in [-0.15, -0.1) is 12.3 Å². The number of fused-ring (bicyclic) bond motifs is 1. The summed E-state index contributed by atoms with van der Waals surface area (Å²) in [5.41, 5.74) is 1.31. The van der Waals surface area contributed by atoms with E-state index < -0.39 is 29.6 Å². The molecule has 1 N–H and O–H groups in total. The molecule has 4 amide bonds. The number of imide groups is 3. The number of hydrogen-bond donors (Lipinski definition) is 1. The van der Waals surface area contributed by atoms with Crippen LogP contribution >= 0.6 is 0 Å². The Hall–Kier alpha value is -3.34. The predicted molar refractivity (Wildman–Crippen MR) is 119 cm³/mol. The van der Waals surface area contributed by atoms with Crippen molar-refractivity contribution in [1.82, 2.24) is 9.80 Å². The molecule has 3 rings (SSSR count). The van der Waals surface area contributed by atoms with Crippen LogP contribution in [0.1, 0.15) is 68.8 Å². The third-order valence-electron chi connectivity index (χ3n) is 5.40. The lowest BCUT2D eigenvalue weighted by Gasteiger charge is -2.35. The van der Waals surface area contributed by atoms with E-state index in [1.807, 2.05) is 6.07 Å². The minimum absolute atomic E-state index is 0.0178. The van der Waals surface area contributed by atoms with E-state index in [-0.39, 0.29) is 25.3 Å². The van der Waals surface area contributed by atoms with Crippen molar-refractivity contribution in [2.75, 3.05) is 11.9 Å². The third-order valence-corrected chi connectivity index (χ3v) is 5.40. The van der Waals surface area contributed by atoms with Crippen molar-refractivity contribution < 1.29 is 23.9 Å². The average molecular weight is 440 g/mol. The molecule has 8 nitrogen and oxygen atoms in total. The summed E-state index contributed by atoms with van der Waals surface area (Å²) >= 11 is 0. The molecule has 8 heteroatoms. The molecule has 0 spiro atoms. The number of anilines is 1. The monoisotopic (exact) mass is 439 g/mol. The highest BCUT2D eigenvalue weighted by Crippen LogP contribution is 2.33. The first kappa shape index (κ1) is 23.3. The lowest BCUT2D eigenvalue weighted by atomic mass is 10.0. The van der Waals surface area contributed by atoms with Crippen molar-refractivity contribution in [1.29, 1.82) is 0 Å². The normalized spacial score (nSPS) is 18.4. The van der Waals surface area contributed by atoms with Gasteiger partial charge in [0.2, 0.25) is 5.91 Å². The fraction of sp³-hybridized carbons (Fsp3) is 0.500. The van der Waals surface area contributed by atoms with Crippen molar-refractivity contribution in [3.8, 4) is 12.3 Å². The van der Waals surface area contributed by atoms with Crippen LogP contribution in [0.4, 0.5) is 10.5 Å². The summed E-state index contributed by atoms with van der Waals surface area (Å²) < 4.78 is 5.23. The summed E-state index contributed by atoms with van der Waals surface area (Å²) in [5, 5.41) is 3.35. The number of hydrogen-bond acceptors (Lipinski definition) is 6. The van der Waals surface area contributed by atoms with Crippen LogP contribution in [0.25, 0.3) is 0 Å². The Morgan fingerprint density at radius 1 is 1.25 bits per heavy atom. The Kier molecular flexibility index (Phi) is 6.87. The SMILES string of the molecule is C#CCCCCNc1cccc2c1CN(C1CCC(=O)N(C(=O)OC(C)(C)C)C1=O)C2=O. The van der Waals surface area contributed by atoms with Gasteiger partial charge in [0.15, 0.2) is 0 Å². The second-order valence-corrected chi connectivity index (χ2v) is 8.95. The van der Waals surface area contributed by atoms with Gasteiger partial charge in [-0.05, 0) is 52.2 Å². The van der Waals surface area contributed by atoms with Crippen molar-refractivity contribution in [2.24, 2.45) is 0 Å². The van der Waals surface area contributed by atoms with Gasteiger partial charge in [0, 0.05) is 42.7 Å². The van der Waals surface area contributed by atoms with Gasteiger partial charge in [0.1, 0.15) is 11.6 Å². The Morgan fingerprint density at radius 2 is 2.00 bits per heavy atom. The molecule has 0 bridgehead atoms. The number of carbonyl (C=O) groups is 4. The first-order valence-electron chi connectivity index (χ1n) is 10.8. The molecule has 1 fully saturated rings. The van der Waals surface area contributed by atoms with Crippen molar-refractivity contribution in [2.45, 2.75) is 71.1 Å².